The molecule has 78 valence electrons. The van der Waals surface area contributed by atoms with Gasteiger partial charge in [-0.25, -0.2) is 0 Å². The lowest BCUT2D eigenvalue weighted by Crippen LogP contribution is -2.18. The van der Waals surface area contributed by atoms with E-state index < -0.39 is 0 Å². The Morgan fingerprint density at radius 1 is 1.21 bits per heavy atom. The highest BCUT2D eigenvalue weighted by atomic mass is 15.1. The highest BCUT2D eigenvalue weighted by Crippen LogP contribution is 2.12. The van der Waals surface area contributed by atoms with Crippen LogP contribution in [-0.2, 0) is 13.0 Å². The molecule has 0 amide bonds. The van der Waals surface area contributed by atoms with Crippen LogP contribution in [0.15, 0.2) is 12.1 Å². The van der Waals surface area contributed by atoms with Crippen LogP contribution in [0.2, 0.25) is 0 Å². The smallest absolute Gasteiger partial charge is 0.0385 e. The molecule has 1 fully saturated rings. The third-order valence-electron chi connectivity index (χ3n) is 2.81. The average molecular weight is 193 g/mol. The van der Waals surface area contributed by atoms with Crippen molar-refractivity contribution in [3.05, 3.63) is 23.5 Å². The highest BCUT2D eigenvalue weighted by molar-refractivity contribution is 5.13. The topological polar surface area (TPSA) is 45.0 Å². The summed E-state index contributed by atoms with van der Waals surface area (Å²) in [5.74, 6) is 0. The summed E-state index contributed by atoms with van der Waals surface area (Å²) < 4.78 is 0. The molecular weight excluding hydrogens is 174 g/mol. The van der Waals surface area contributed by atoms with Crippen LogP contribution in [0.1, 0.15) is 24.2 Å². The van der Waals surface area contributed by atoms with Gasteiger partial charge in [0.2, 0.25) is 0 Å². The summed E-state index contributed by atoms with van der Waals surface area (Å²) >= 11 is 0. The number of H-pyrrole nitrogens is 1. The molecule has 3 heteroatoms. The van der Waals surface area contributed by atoms with Crippen molar-refractivity contribution in [1.29, 1.82) is 0 Å². The summed E-state index contributed by atoms with van der Waals surface area (Å²) in [4.78, 5) is 5.92. The molecule has 14 heavy (non-hydrogen) atoms. The third-order valence-corrected chi connectivity index (χ3v) is 2.81. The summed E-state index contributed by atoms with van der Waals surface area (Å²) in [7, 11) is 0. The molecule has 0 unspecified atom stereocenters. The van der Waals surface area contributed by atoms with E-state index in [4.69, 9.17) is 5.73 Å². The quantitative estimate of drug-likeness (QED) is 0.752. The Morgan fingerprint density at radius 2 is 1.93 bits per heavy atom. The Morgan fingerprint density at radius 3 is 2.64 bits per heavy atom. The molecule has 0 saturated carbocycles. The van der Waals surface area contributed by atoms with E-state index in [1.807, 2.05) is 0 Å². The fourth-order valence-corrected chi connectivity index (χ4v) is 2.07. The maximum Gasteiger partial charge on any atom is 0.0385 e. The summed E-state index contributed by atoms with van der Waals surface area (Å²) in [6, 6.07) is 4.33. The molecule has 0 spiro atoms. The van der Waals surface area contributed by atoms with Crippen molar-refractivity contribution in [2.24, 2.45) is 5.73 Å². The molecular formula is C11H19N3. The molecule has 0 bridgehead atoms. The Hall–Kier alpha value is -0.800. The van der Waals surface area contributed by atoms with Crippen LogP contribution in [0.4, 0.5) is 0 Å². The number of hydrogen-bond donors (Lipinski definition) is 2. The number of aromatic nitrogens is 1. The SMILES string of the molecule is NCCc1ccc(CN2CCCC2)[nH]1. The summed E-state index contributed by atoms with van der Waals surface area (Å²) in [5.41, 5.74) is 8.10. The number of nitrogens with zero attached hydrogens (tertiary/aromatic N) is 1. The van der Waals surface area contributed by atoms with Gasteiger partial charge in [-0.3, -0.25) is 4.90 Å². The van der Waals surface area contributed by atoms with E-state index in [9.17, 15) is 0 Å². The van der Waals surface area contributed by atoms with Gasteiger partial charge in [0.05, 0.1) is 0 Å². The minimum absolute atomic E-state index is 0.726. The molecule has 1 aromatic heterocycles. The maximum absolute atomic E-state index is 5.50. The summed E-state index contributed by atoms with van der Waals surface area (Å²) in [5, 5.41) is 0. The molecule has 2 rings (SSSR count). The van der Waals surface area contributed by atoms with Crippen molar-refractivity contribution >= 4 is 0 Å². The van der Waals surface area contributed by atoms with Gasteiger partial charge in [-0.2, -0.15) is 0 Å². The molecule has 0 atom stereocenters. The van der Waals surface area contributed by atoms with Crippen molar-refractivity contribution in [1.82, 2.24) is 9.88 Å². The molecule has 1 aromatic rings. The van der Waals surface area contributed by atoms with E-state index in [2.05, 4.69) is 22.0 Å². The van der Waals surface area contributed by atoms with E-state index in [1.54, 1.807) is 0 Å². The lowest BCUT2D eigenvalue weighted by molar-refractivity contribution is 0.327. The van der Waals surface area contributed by atoms with Gasteiger partial charge in [0.15, 0.2) is 0 Å². The lowest BCUT2D eigenvalue weighted by Gasteiger charge is -2.12. The predicted octanol–water partition coefficient (Wildman–Crippen LogP) is 1.11. The Kier molecular flexibility index (Phi) is 3.22. The number of aromatic amines is 1. The number of rotatable bonds is 4. The van der Waals surface area contributed by atoms with Crippen molar-refractivity contribution in [2.75, 3.05) is 19.6 Å². The molecule has 2 heterocycles. The van der Waals surface area contributed by atoms with E-state index >= 15 is 0 Å². The molecule has 1 aliphatic rings. The number of nitrogens with two attached hydrogens (primary N) is 1. The first-order valence-corrected chi connectivity index (χ1v) is 5.47. The van der Waals surface area contributed by atoms with Gasteiger partial charge in [0, 0.05) is 17.9 Å². The summed E-state index contributed by atoms with van der Waals surface area (Å²) in [6.45, 7) is 4.31. The van der Waals surface area contributed by atoms with E-state index in [0.717, 1.165) is 19.5 Å². The van der Waals surface area contributed by atoms with Crippen molar-refractivity contribution < 1.29 is 0 Å². The zero-order chi connectivity index (χ0) is 9.80. The van der Waals surface area contributed by atoms with Crippen molar-refractivity contribution in [2.45, 2.75) is 25.8 Å². The Balaban J connectivity index is 1.88. The average Bonchev–Trinajstić information content (AvgIpc) is 2.79. The predicted molar refractivity (Wildman–Crippen MR) is 58.1 cm³/mol. The van der Waals surface area contributed by atoms with Crippen molar-refractivity contribution in [3.63, 3.8) is 0 Å². The second kappa shape index (κ2) is 4.62. The Bertz CT molecular complexity index is 274. The van der Waals surface area contributed by atoms with Crippen LogP contribution >= 0.6 is 0 Å². The third kappa shape index (κ3) is 2.36. The molecule has 0 aliphatic carbocycles. The lowest BCUT2D eigenvalue weighted by atomic mass is 10.3. The number of nitrogens with one attached hydrogen (secondary N) is 1. The van der Waals surface area contributed by atoms with Crippen LogP contribution < -0.4 is 5.73 Å². The van der Waals surface area contributed by atoms with Gasteiger partial charge in [-0.1, -0.05) is 0 Å². The molecule has 1 saturated heterocycles. The van der Waals surface area contributed by atoms with E-state index in [-0.39, 0.29) is 0 Å². The fourth-order valence-electron chi connectivity index (χ4n) is 2.07. The number of hydrogen-bond acceptors (Lipinski definition) is 2. The van der Waals surface area contributed by atoms with Gasteiger partial charge < -0.3 is 10.7 Å². The number of likely N-dealkylation sites (tertiary alicyclic amines) is 1. The van der Waals surface area contributed by atoms with Crippen LogP contribution in [0.25, 0.3) is 0 Å². The molecule has 0 aromatic carbocycles. The maximum atomic E-state index is 5.50. The minimum atomic E-state index is 0.726. The second-order valence-electron chi connectivity index (χ2n) is 4.03. The van der Waals surface area contributed by atoms with E-state index in [0.29, 0.717) is 0 Å². The molecule has 1 aliphatic heterocycles. The molecule has 0 radical (unpaired) electrons. The zero-order valence-electron chi connectivity index (χ0n) is 8.63. The zero-order valence-corrected chi connectivity index (χ0v) is 8.63. The van der Waals surface area contributed by atoms with Gasteiger partial charge in [-0.05, 0) is 51.0 Å². The first-order valence-electron chi connectivity index (χ1n) is 5.47. The normalized spacial score (nSPS) is 17.8. The standard InChI is InChI=1S/C11H19N3/c12-6-5-10-3-4-11(13-10)9-14-7-1-2-8-14/h3-4,13H,1-2,5-9,12H2. The van der Waals surface area contributed by atoms with Crippen LogP contribution in [0.3, 0.4) is 0 Å². The van der Waals surface area contributed by atoms with Gasteiger partial charge in [-0.15, -0.1) is 0 Å². The van der Waals surface area contributed by atoms with Gasteiger partial charge in [0.1, 0.15) is 0 Å². The fraction of sp³-hybridized carbons (Fsp3) is 0.636. The monoisotopic (exact) mass is 193 g/mol. The van der Waals surface area contributed by atoms with Crippen LogP contribution in [-0.4, -0.2) is 29.5 Å². The first-order chi connectivity index (χ1) is 6.88. The summed E-state index contributed by atoms with van der Waals surface area (Å²) in [6.07, 6.45) is 3.67. The van der Waals surface area contributed by atoms with Gasteiger partial charge in [0.25, 0.3) is 0 Å². The van der Waals surface area contributed by atoms with Crippen molar-refractivity contribution in [3.8, 4) is 0 Å². The van der Waals surface area contributed by atoms with Crippen LogP contribution in [0, 0.1) is 0 Å². The largest absolute Gasteiger partial charge is 0.361 e. The van der Waals surface area contributed by atoms with Gasteiger partial charge >= 0.3 is 0 Å². The first kappa shape index (κ1) is 9.74. The molecule has 3 N–H and O–H groups in total. The second-order valence-corrected chi connectivity index (χ2v) is 4.03. The minimum Gasteiger partial charge on any atom is -0.361 e. The molecule has 3 nitrogen and oxygen atoms in total. The Labute approximate surface area is 85.3 Å². The highest BCUT2D eigenvalue weighted by Gasteiger charge is 2.12. The van der Waals surface area contributed by atoms with E-state index in [1.165, 1.54) is 37.3 Å². The van der Waals surface area contributed by atoms with Crippen LogP contribution in [0.5, 0.6) is 0 Å².